The number of unbranched alkanes of at least 4 members (excludes halogenated alkanes) is 1. The molecule has 0 spiro atoms. The number of fused-ring (bicyclic) bond motifs is 1. The summed E-state index contributed by atoms with van der Waals surface area (Å²) in [5.74, 6) is -0.547. The van der Waals surface area contributed by atoms with Gasteiger partial charge in [0, 0.05) is 24.7 Å². The van der Waals surface area contributed by atoms with Gasteiger partial charge >= 0.3 is 6.03 Å². The van der Waals surface area contributed by atoms with E-state index in [9.17, 15) is 14.4 Å². The van der Waals surface area contributed by atoms with Crippen molar-refractivity contribution in [1.82, 2.24) is 10.6 Å². The van der Waals surface area contributed by atoms with Gasteiger partial charge in [-0.2, -0.15) is 0 Å². The normalized spacial score (nSPS) is 16.6. The zero-order valence-electron chi connectivity index (χ0n) is 12.2. The van der Waals surface area contributed by atoms with Crippen LogP contribution in [0.3, 0.4) is 0 Å². The summed E-state index contributed by atoms with van der Waals surface area (Å²) in [7, 11) is 1.66. The maximum Gasteiger partial charge on any atom is 0.322 e. The molecule has 1 heterocycles. The van der Waals surface area contributed by atoms with Crippen LogP contribution in [0.5, 0.6) is 0 Å². The lowest BCUT2D eigenvalue weighted by atomic mass is 10.1. The Morgan fingerprint density at radius 1 is 1.29 bits per heavy atom. The standard InChI is InChI=1S/C15H19N3O3/c1-3-4-9-12(19)16-15(21)17-13-10-7-5-6-8-11(10)18(2)14(13)20/h5-8,13H,3-4,9H2,1-2H3,(H2,16,17,19,21). The molecule has 1 atom stereocenters. The van der Waals surface area contributed by atoms with Crippen molar-refractivity contribution in [1.29, 1.82) is 0 Å². The maximum absolute atomic E-state index is 12.2. The van der Waals surface area contributed by atoms with E-state index in [1.165, 1.54) is 4.90 Å². The summed E-state index contributed by atoms with van der Waals surface area (Å²) in [6.07, 6.45) is 1.92. The summed E-state index contributed by atoms with van der Waals surface area (Å²) in [6, 6.07) is 5.87. The van der Waals surface area contributed by atoms with Gasteiger partial charge in [0.05, 0.1) is 0 Å². The number of para-hydroxylation sites is 1. The van der Waals surface area contributed by atoms with Gasteiger partial charge in [0.1, 0.15) is 6.04 Å². The molecule has 1 aromatic carbocycles. The number of rotatable bonds is 4. The van der Waals surface area contributed by atoms with Crippen LogP contribution in [0.4, 0.5) is 10.5 Å². The Balaban J connectivity index is 2.01. The molecule has 4 amide bonds. The Kier molecular flexibility index (Phi) is 4.57. The first kappa shape index (κ1) is 15.0. The third-order valence-electron chi connectivity index (χ3n) is 3.47. The maximum atomic E-state index is 12.2. The SMILES string of the molecule is CCCCC(=O)NC(=O)NC1C(=O)N(C)c2ccccc21. The van der Waals surface area contributed by atoms with Crippen molar-refractivity contribution in [3.8, 4) is 0 Å². The highest BCUT2D eigenvalue weighted by Gasteiger charge is 2.35. The number of nitrogens with one attached hydrogen (secondary N) is 2. The fourth-order valence-electron chi connectivity index (χ4n) is 2.32. The molecular weight excluding hydrogens is 270 g/mol. The molecule has 2 rings (SSSR count). The van der Waals surface area contributed by atoms with Crippen molar-refractivity contribution in [2.75, 3.05) is 11.9 Å². The zero-order chi connectivity index (χ0) is 15.4. The highest BCUT2D eigenvalue weighted by Crippen LogP contribution is 2.34. The highest BCUT2D eigenvalue weighted by atomic mass is 16.2. The number of hydrogen-bond donors (Lipinski definition) is 2. The fraction of sp³-hybridized carbons (Fsp3) is 0.400. The van der Waals surface area contributed by atoms with Crippen molar-refractivity contribution in [3.05, 3.63) is 29.8 Å². The van der Waals surface area contributed by atoms with Gasteiger partial charge in [-0.25, -0.2) is 4.79 Å². The number of imide groups is 1. The van der Waals surface area contributed by atoms with Gasteiger partial charge in [0.25, 0.3) is 5.91 Å². The number of carbonyl (C=O) groups excluding carboxylic acids is 3. The molecule has 1 aromatic rings. The summed E-state index contributed by atoms with van der Waals surface area (Å²) in [5, 5.41) is 4.81. The van der Waals surface area contributed by atoms with Crippen molar-refractivity contribution in [3.63, 3.8) is 0 Å². The molecule has 0 saturated carbocycles. The van der Waals surface area contributed by atoms with E-state index in [2.05, 4.69) is 10.6 Å². The van der Waals surface area contributed by atoms with Gasteiger partial charge in [-0.1, -0.05) is 31.5 Å². The summed E-state index contributed by atoms with van der Waals surface area (Å²) in [4.78, 5) is 37.0. The molecule has 0 saturated heterocycles. The Morgan fingerprint density at radius 2 is 2.00 bits per heavy atom. The van der Waals surface area contributed by atoms with Crippen molar-refractivity contribution in [2.24, 2.45) is 0 Å². The molecule has 1 aliphatic heterocycles. The number of amides is 4. The molecule has 6 heteroatoms. The first-order valence-corrected chi connectivity index (χ1v) is 7.01. The van der Waals surface area contributed by atoms with Crippen LogP contribution < -0.4 is 15.5 Å². The first-order chi connectivity index (χ1) is 10.0. The van der Waals surface area contributed by atoms with Crippen LogP contribution in [0.25, 0.3) is 0 Å². The second-order valence-electron chi connectivity index (χ2n) is 5.01. The van der Waals surface area contributed by atoms with Crippen LogP contribution in [0.15, 0.2) is 24.3 Å². The van der Waals surface area contributed by atoms with E-state index in [1.807, 2.05) is 25.1 Å². The van der Waals surface area contributed by atoms with Gasteiger partial charge in [-0.05, 0) is 12.5 Å². The third-order valence-corrected chi connectivity index (χ3v) is 3.47. The minimum Gasteiger partial charge on any atom is -0.322 e. The number of benzene rings is 1. The van der Waals surface area contributed by atoms with Crippen LogP contribution >= 0.6 is 0 Å². The van der Waals surface area contributed by atoms with Crippen LogP contribution in [0.2, 0.25) is 0 Å². The lowest BCUT2D eigenvalue weighted by Gasteiger charge is -2.13. The van der Waals surface area contributed by atoms with E-state index in [1.54, 1.807) is 13.1 Å². The van der Waals surface area contributed by atoms with Gasteiger partial charge in [-0.15, -0.1) is 0 Å². The van der Waals surface area contributed by atoms with E-state index in [0.717, 1.165) is 24.1 Å². The van der Waals surface area contributed by atoms with E-state index in [4.69, 9.17) is 0 Å². The van der Waals surface area contributed by atoms with E-state index in [0.29, 0.717) is 6.42 Å². The van der Waals surface area contributed by atoms with Crippen molar-refractivity contribution in [2.45, 2.75) is 32.2 Å². The molecule has 1 unspecified atom stereocenters. The highest BCUT2D eigenvalue weighted by molar-refractivity contribution is 6.06. The molecule has 0 bridgehead atoms. The molecule has 0 aliphatic carbocycles. The van der Waals surface area contributed by atoms with E-state index < -0.39 is 12.1 Å². The topological polar surface area (TPSA) is 78.5 Å². The monoisotopic (exact) mass is 289 g/mol. The lowest BCUT2D eigenvalue weighted by molar-refractivity contribution is -0.121. The lowest BCUT2D eigenvalue weighted by Crippen LogP contribution is -2.43. The van der Waals surface area contributed by atoms with E-state index >= 15 is 0 Å². The Bertz CT molecular complexity index is 571. The number of urea groups is 1. The number of nitrogens with zero attached hydrogens (tertiary/aromatic N) is 1. The number of anilines is 1. The van der Waals surface area contributed by atoms with Crippen LogP contribution in [0.1, 0.15) is 37.8 Å². The summed E-state index contributed by atoms with van der Waals surface area (Å²) in [6.45, 7) is 1.97. The average Bonchev–Trinajstić information content (AvgIpc) is 2.71. The summed E-state index contributed by atoms with van der Waals surface area (Å²) < 4.78 is 0. The van der Waals surface area contributed by atoms with Gasteiger partial charge in [-0.3, -0.25) is 14.9 Å². The first-order valence-electron chi connectivity index (χ1n) is 7.01. The third kappa shape index (κ3) is 3.21. The predicted molar refractivity (Wildman–Crippen MR) is 78.8 cm³/mol. The molecule has 0 aromatic heterocycles. The van der Waals surface area contributed by atoms with Crippen LogP contribution in [-0.2, 0) is 9.59 Å². The second-order valence-corrected chi connectivity index (χ2v) is 5.01. The Hall–Kier alpha value is -2.37. The van der Waals surface area contributed by atoms with E-state index in [-0.39, 0.29) is 11.8 Å². The Morgan fingerprint density at radius 3 is 2.71 bits per heavy atom. The fourth-order valence-corrected chi connectivity index (χ4v) is 2.32. The van der Waals surface area contributed by atoms with Gasteiger partial charge in [0.15, 0.2) is 0 Å². The quantitative estimate of drug-likeness (QED) is 0.886. The average molecular weight is 289 g/mol. The number of carbonyl (C=O) groups is 3. The largest absolute Gasteiger partial charge is 0.322 e. The van der Waals surface area contributed by atoms with Crippen molar-refractivity contribution >= 4 is 23.5 Å². The Labute approximate surface area is 123 Å². The number of likely N-dealkylation sites (N-methyl/N-ethyl adjacent to an activating group) is 1. The molecule has 21 heavy (non-hydrogen) atoms. The summed E-state index contributed by atoms with van der Waals surface area (Å²) in [5.41, 5.74) is 1.51. The van der Waals surface area contributed by atoms with Gasteiger partial charge < -0.3 is 10.2 Å². The van der Waals surface area contributed by atoms with Crippen LogP contribution in [-0.4, -0.2) is 24.9 Å². The van der Waals surface area contributed by atoms with Crippen LogP contribution in [0, 0.1) is 0 Å². The predicted octanol–water partition coefficient (Wildman–Crippen LogP) is 1.72. The smallest absolute Gasteiger partial charge is 0.322 e. The van der Waals surface area contributed by atoms with Crippen molar-refractivity contribution < 1.29 is 14.4 Å². The van der Waals surface area contributed by atoms with Gasteiger partial charge in [0.2, 0.25) is 5.91 Å². The minimum absolute atomic E-state index is 0.215. The molecule has 2 N–H and O–H groups in total. The molecule has 112 valence electrons. The molecule has 6 nitrogen and oxygen atoms in total. The second kappa shape index (κ2) is 6.39. The summed E-state index contributed by atoms with van der Waals surface area (Å²) >= 11 is 0. The molecule has 1 aliphatic rings. The molecular formula is C15H19N3O3. The molecule has 0 fully saturated rings. The minimum atomic E-state index is -0.745. The molecule has 0 radical (unpaired) electrons. The zero-order valence-corrected chi connectivity index (χ0v) is 12.2. The number of hydrogen-bond acceptors (Lipinski definition) is 3.